The normalized spacial score (nSPS) is 17.2. The second kappa shape index (κ2) is 5.14. The van der Waals surface area contributed by atoms with Crippen molar-refractivity contribution in [1.82, 2.24) is 4.90 Å². The lowest BCUT2D eigenvalue weighted by Crippen LogP contribution is -2.49. The molecule has 0 spiro atoms. The van der Waals surface area contributed by atoms with Gasteiger partial charge in [0.2, 0.25) is 5.91 Å². The van der Waals surface area contributed by atoms with E-state index in [1.54, 1.807) is 13.8 Å². The Morgan fingerprint density at radius 3 is 2.58 bits per heavy atom. The van der Waals surface area contributed by atoms with Gasteiger partial charge in [0.15, 0.2) is 6.73 Å². The van der Waals surface area contributed by atoms with E-state index in [4.69, 9.17) is 10.5 Å². The van der Waals surface area contributed by atoms with E-state index in [1.165, 1.54) is 4.90 Å². The van der Waals surface area contributed by atoms with E-state index in [-0.39, 0.29) is 12.6 Å². The summed E-state index contributed by atoms with van der Waals surface area (Å²) in [5, 5.41) is 0. The minimum absolute atomic E-state index is 0.0467. The van der Waals surface area contributed by atoms with Crippen LogP contribution in [0.4, 0.5) is 0 Å². The SMILES string of the molecule is CC1=C(c2ccccc2)C(=O)N(C(C)C(N)=O)CO1. The van der Waals surface area contributed by atoms with Crippen molar-refractivity contribution in [3.05, 3.63) is 41.7 Å². The average Bonchev–Trinajstić information content (AvgIpc) is 2.39. The molecule has 0 aliphatic carbocycles. The molecular weight excluding hydrogens is 244 g/mol. The number of amides is 2. The predicted molar refractivity (Wildman–Crippen MR) is 70.5 cm³/mol. The van der Waals surface area contributed by atoms with Crippen molar-refractivity contribution in [3.63, 3.8) is 0 Å². The molecule has 0 saturated carbocycles. The highest BCUT2D eigenvalue weighted by Gasteiger charge is 2.32. The standard InChI is InChI=1S/C14H16N2O3/c1-9(13(15)17)16-8-19-10(2)12(14(16)18)11-6-4-3-5-7-11/h3-7,9H,8H2,1-2H3,(H2,15,17). The number of carbonyl (C=O) groups excluding carboxylic acids is 2. The highest BCUT2D eigenvalue weighted by Crippen LogP contribution is 2.26. The molecule has 0 aromatic heterocycles. The number of nitrogens with two attached hydrogens (primary N) is 1. The van der Waals surface area contributed by atoms with Crippen molar-refractivity contribution >= 4 is 17.4 Å². The molecule has 0 fully saturated rings. The molecule has 19 heavy (non-hydrogen) atoms. The Kier molecular flexibility index (Phi) is 3.55. The Hall–Kier alpha value is -2.30. The second-order valence-electron chi connectivity index (χ2n) is 4.42. The van der Waals surface area contributed by atoms with Crippen LogP contribution in [0.15, 0.2) is 36.1 Å². The minimum Gasteiger partial charge on any atom is -0.477 e. The van der Waals surface area contributed by atoms with Crippen molar-refractivity contribution in [1.29, 1.82) is 0 Å². The third-order valence-electron chi connectivity index (χ3n) is 3.19. The zero-order valence-electron chi connectivity index (χ0n) is 10.9. The highest BCUT2D eigenvalue weighted by molar-refractivity contribution is 6.21. The van der Waals surface area contributed by atoms with Crippen molar-refractivity contribution in [2.24, 2.45) is 5.73 Å². The summed E-state index contributed by atoms with van der Waals surface area (Å²) in [4.78, 5) is 25.0. The molecule has 1 unspecified atom stereocenters. The van der Waals surface area contributed by atoms with Crippen molar-refractivity contribution in [3.8, 4) is 0 Å². The lowest BCUT2D eigenvalue weighted by atomic mass is 10.0. The first-order chi connectivity index (χ1) is 9.02. The van der Waals surface area contributed by atoms with Gasteiger partial charge in [0.05, 0.1) is 5.57 Å². The molecule has 1 heterocycles. The number of ether oxygens (including phenoxy) is 1. The summed E-state index contributed by atoms with van der Waals surface area (Å²) >= 11 is 0. The van der Waals surface area contributed by atoms with E-state index in [0.717, 1.165) is 5.56 Å². The van der Waals surface area contributed by atoms with Crippen LogP contribution in [0.25, 0.3) is 5.57 Å². The van der Waals surface area contributed by atoms with Crippen LogP contribution in [0.2, 0.25) is 0 Å². The minimum atomic E-state index is -0.695. The number of allylic oxidation sites excluding steroid dienone is 1. The van der Waals surface area contributed by atoms with Crippen molar-refractivity contribution < 1.29 is 14.3 Å². The molecule has 0 bridgehead atoms. The Morgan fingerprint density at radius 2 is 2.00 bits per heavy atom. The molecule has 2 rings (SSSR count). The molecule has 0 radical (unpaired) electrons. The molecule has 5 nitrogen and oxygen atoms in total. The maximum atomic E-state index is 12.5. The van der Waals surface area contributed by atoms with Crippen molar-refractivity contribution in [2.75, 3.05) is 6.73 Å². The van der Waals surface area contributed by atoms with Gasteiger partial charge in [-0.05, 0) is 19.4 Å². The van der Waals surface area contributed by atoms with Crippen LogP contribution in [0.3, 0.4) is 0 Å². The number of benzene rings is 1. The lowest BCUT2D eigenvalue weighted by Gasteiger charge is -2.32. The van der Waals surface area contributed by atoms with E-state index in [2.05, 4.69) is 0 Å². The molecule has 1 atom stereocenters. The van der Waals surface area contributed by atoms with Crippen LogP contribution in [-0.4, -0.2) is 29.5 Å². The molecule has 1 aliphatic heterocycles. The van der Waals surface area contributed by atoms with E-state index >= 15 is 0 Å². The van der Waals surface area contributed by atoms with Gasteiger partial charge in [0.1, 0.15) is 11.8 Å². The molecule has 1 aromatic carbocycles. The Labute approximate surface area is 111 Å². The van der Waals surface area contributed by atoms with Gasteiger partial charge in [0, 0.05) is 0 Å². The van der Waals surface area contributed by atoms with E-state index in [9.17, 15) is 9.59 Å². The van der Waals surface area contributed by atoms with Crippen molar-refractivity contribution in [2.45, 2.75) is 19.9 Å². The number of rotatable bonds is 3. The van der Waals surface area contributed by atoms with Crippen LogP contribution in [-0.2, 0) is 14.3 Å². The largest absolute Gasteiger partial charge is 0.477 e. The maximum Gasteiger partial charge on any atom is 0.261 e. The first kappa shape index (κ1) is 13.1. The first-order valence-electron chi connectivity index (χ1n) is 6.01. The number of nitrogens with zero attached hydrogens (tertiary/aromatic N) is 1. The third kappa shape index (κ3) is 2.45. The molecule has 1 aliphatic rings. The quantitative estimate of drug-likeness (QED) is 0.884. The summed E-state index contributed by atoms with van der Waals surface area (Å²) in [5.74, 6) is -0.228. The molecule has 2 N–H and O–H groups in total. The Morgan fingerprint density at radius 1 is 1.37 bits per heavy atom. The smallest absolute Gasteiger partial charge is 0.261 e. The molecule has 1 aromatic rings. The summed E-state index contributed by atoms with van der Waals surface area (Å²) in [7, 11) is 0. The molecule has 2 amide bonds. The summed E-state index contributed by atoms with van der Waals surface area (Å²) in [6.07, 6.45) is 0. The first-order valence-corrected chi connectivity index (χ1v) is 6.01. The van der Waals surface area contributed by atoms with Gasteiger partial charge < -0.3 is 10.5 Å². The van der Waals surface area contributed by atoms with Crippen LogP contribution in [0, 0.1) is 0 Å². The number of primary amides is 1. The summed E-state index contributed by atoms with van der Waals surface area (Å²) in [6.45, 7) is 3.38. The van der Waals surface area contributed by atoms with Crippen LogP contribution in [0.1, 0.15) is 19.4 Å². The van der Waals surface area contributed by atoms with Crippen LogP contribution >= 0.6 is 0 Å². The molecule has 5 heteroatoms. The van der Waals surface area contributed by atoms with E-state index in [1.807, 2.05) is 30.3 Å². The Balaban J connectivity index is 2.38. The fraction of sp³-hybridized carbons (Fsp3) is 0.286. The number of hydrogen-bond acceptors (Lipinski definition) is 3. The maximum absolute atomic E-state index is 12.5. The summed E-state index contributed by atoms with van der Waals surface area (Å²) < 4.78 is 5.48. The highest BCUT2D eigenvalue weighted by atomic mass is 16.5. The van der Waals surface area contributed by atoms with Gasteiger partial charge >= 0.3 is 0 Å². The zero-order chi connectivity index (χ0) is 14.0. The van der Waals surface area contributed by atoms with Crippen LogP contribution in [0.5, 0.6) is 0 Å². The Bertz CT molecular complexity index is 537. The van der Waals surface area contributed by atoms with E-state index < -0.39 is 11.9 Å². The third-order valence-corrected chi connectivity index (χ3v) is 3.19. The zero-order valence-corrected chi connectivity index (χ0v) is 10.9. The van der Waals surface area contributed by atoms with Gasteiger partial charge in [-0.25, -0.2) is 0 Å². The topological polar surface area (TPSA) is 72.6 Å². The monoisotopic (exact) mass is 260 g/mol. The van der Waals surface area contributed by atoms with Gasteiger partial charge in [-0.2, -0.15) is 0 Å². The van der Waals surface area contributed by atoms with Crippen LogP contribution < -0.4 is 5.73 Å². The van der Waals surface area contributed by atoms with Gasteiger partial charge in [-0.15, -0.1) is 0 Å². The molecule has 100 valence electrons. The summed E-state index contributed by atoms with van der Waals surface area (Å²) in [5.41, 5.74) is 6.49. The lowest BCUT2D eigenvalue weighted by molar-refractivity contribution is -0.140. The number of carbonyl (C=O) groups is 2. The van der Waals surface area contributed by atoms with Gasteiger partial charge in [0.25, 0.3) is 5.91 Å². The fourth-order valence-corrected chi connectivity index (χ4v) is 1.96. The second-order valence-corrected chi connectivity index (χ2v) is 4.42. The number of hydrogen-bond donors (Lipinski definition) is 1. The summed E-state index contributed by atoms with van der Waals surface area (Å²) in [6, 6.07) is 8.53. The predicted octanol–water partition coefficient (Wildman–Crippen LogP) is 1.11. The fourth-order valence-electron chi connectivity index (χ4n) is 1.96. The average molecular weight is 260 g/mol. The van der Waals surface area contributed by atoms with Gasteiger partial charge in [-0.3, -0.25) is 14.5 Å². The molecular formula is C14H16N2O3. The van der Waals surface area contributed by atoms with E-state index in [0.29, 0.717) is 11.3 Å². The molecule has 0 saturated heterocycles. The van der Waals surface area contributed by atoms with Gasteiger partial charge in [-0.1, -0.05) is 30.3 Å².